The third-order valence-electron chi connectivity index (χ3n) is 1.93. The van der Waals surface area contributed by atoms with Gasteiger partial charge >= 0.3 is 6.18 Å². The van der Waals surface area contributed by atoms with Crippen molar-refractivity contribution in [2.24, 2.45) is 0 Å². The number of aliphatic hydroxyl groups is 1. The van der Waals surface area contributed by atoms with E-state index < -0.39 is 11.7 Å². The van der Waals surface area contributed by atoms with Crippen LogP contribution in [-0.2, 0) is 12.6 Å². The zero-order valence-electron chi connectivity index (χ0n) is 7.51. The average molecular weight is 204 g/mol. The Balaban J connectivity index is 2.92. The molecule has 4 heteroatoms. The molecule has 0 amide bonds. The lowest BCUT2D eigenvalue weighted by molar-refractivity contribution is -0.138. The maximum absolute atomic E-state index is 12.4. The SMILES string of the molecule is OCCCc1ccccc1C(F)(F)F. The first-order valence-electron chi connectivity index (χ1n) is 4.31. The van der Waals surface area contributed by atoms with E-state index in [1.165, 1.54) is 12.1 Å². The number of aliphatic hydroxyl groups excluding tert-OH is 1. The summed E-state index contributed by atoms with van der Waals surface area (Å²) < 4.78 is 37.2. The lowest BCUT2D eigenvalue weighted by Crippen LogP contribution is -2.09. The van der Waals surface area contributed by atoms with Crippen LogP contribution in [0.3, 0.4) is 0 Å². The van der Waals surface area contributed by atoms with Gasteiger partial charge in [-0.05, 0) is 24.5 Å². The van der Waals surface area contributed by atoms with E-state index in [1.54, 1.807) is 6.07 Å². The average Bonchev–Trinajstić information content (AvgIpc) is 2.14. The summed E-state index contributed by atoms with van der Waals surface area (Å²) in [6.45, 7) is -0.0911. The molecule has 14 heavy (non-hydrogen) atoms. The summed E-state index contributed by atoms with van der Waals surface area (Å²) in [5, 5.41) is 8.54. The highest BCUT2D eigenvalue weighted by Crippen LogP contribution is 2.32. The van der Waals surface area contributed by atoms with E-state index >= 15 is 0 Å². The molecule has 0 saturated heterocycles. The van der Waals surface area contributed by atoms with E-state index in [4.69, 9.17) is 5.11 Å². The number of halogens is 3. The highest BCUT2D eigenvalue weighted by atomic mass is 19.4. The Bertz CT molecular complexity index is 294. The second kappa shape index (κ2) is 4.46. The standard InChI is InChI=1S/C10H11F3O/c11-10(12,13)9-6-2-1-4-8(9)5-3-7-14/h1-2,4,6,14H,3,5,7H2. The second-order valence-electron chi connectivity index (χ2n) is 2.98. The van der Waals surface area contributed by atoms with Crippen LogP contribution in [0, 0.1) is 0 Å². The van der Waals surface area contributed by atoms with Gasteiger partial charge in [0.15, 0.2) is 0 Å². The van der Waals surface area contributed by atoms with Gasteiger partial charge < -0.3 is 5.11 Å². The maximum atomic E-state index is 12.4. The Hall–Kier alpha value is -1.03. The lowest BCUT2D eigenvalue weighted by Gasteiger charge is -2.11. The number of benzene rings is 1. The second-order valence-corrected chi connectivity index (χ2v) is 2.98. The fourth-order valence-electron chi connectivity index (χ4n) is 1.28. The molecule has 1 aromatic rings. The summed E-state index contributed by atoms with van der Waals surface area (Å²) in [5.74, 6) is 0. The van der Waals surface area contributed by atoms with E-state index in [1.807, 2.05) is 0 Å². The summed E-state index contributed by atoms with van der Waals surface area (Å²) in [5.41, 5.74) is -0.359. The summed E-state index contributed by atoms with van der Waals surface area (Å²) in [6, 6.07) is 5.44. The van der Waals surface area contributed by atoms with Crippen molar-refractivity contribution in [1.82, 2.24) is 0 Å². The smallest absolute Gasteiger partial charge is 0.396 e. The van der Waals surface area contributed by atoms with Crippen LogP contribution in [0.2, 0.25) is 0 Å². The summed E-state index contributed by atoms with van der Waals surface area (Å²) in [4.78, 5) is 0. The van der Waals surface area contributed by atoms with Crippen molar-refractivity contribution in [3.63, 3.8) is 0 Å². The van der Waals surface area contributed by atoms with Crippen molar-refractivity contribution in [3.05, 3.63) is 35.4 Å². The Kier molecular flexibility index (Phi) is 3.52. The largest absolute Gasteiger partial charge is 0.416 e. The topological polar surface area (TPSA) is 20.2 Å². The summed E-state index contributed by atoms with van der Waals surface area (Å²) in [6.07, 6.45) is -3.69. The fraction of sp³-hybridized carbons (Fsp3) is 0.400. The molecule has 78 valence electrons. The highest BCUT2D eigenvalue weighted by Gasteiger charge is 2.32. The van der Waals surface area contributed by atoms with Crippen molar-refractivity contribution in [1.29, 1.82) is 0 Å². The molecule has 0 atom stereocenters. The minimum Gasteiger partial charge on any atom is -0.396 e. The van der Waals surface area contributed by atoms with E-state index in [9.17, 15) is 13.2 Å². The van der Waals surface area contributed by atoms with Gasteiger partial charge in [-0.15, -0.1) is 0 Å². The first kappa shape index (κ1) is 11.0. The van der Waals surface area contributed by atoms with Gasteiger partial charge in [-0.25, -0.2) is 0 Å². The fourth-order valence-corrected chi connectivity index (χ4v) is 1.28. The Labute approximate surface area is 80.2 Å². The van der Waals surface area contributed by atoms with Crippen molar-refractivity contribution in [2.45, 2.75) is 19.0 Å². The van der Waals surface area contributed by atoms with Gasteiger partial charge in [-0.2, -0.15) is 13.2 Å². The quantitative estimate of drug-likeness (QED) is 0.802. The number of rotatable bonds is 3. The van der Waals surface area contributed by atoms with Gasteiger partial charge in [-0.1, -0.05) is 18.2 Å². The molecule has 1 N–H and O–H groups in total. The van der Waals surface area contributed by atoms with Crippen LogP contribution in [0.5, 0.6) is 0 Å². The molecule has 0 aliphatic carbocycles. The number of hydrogen-bond donors (Lipinski definition) is 1. The molecule has 0 saturated carbocycles. The molecule has 0 aromatic heterocycles. The molecule has 0 spiro atoms. The minimum atomic E-state index is -4.30. The van der Waals surface area contributed by atoms with Gasteiger partial charge in [0.1, 0.15) is 0 Å². The monoisotopic (exact) mass is 204 g/mol. The number of hydrogen-bond acceptors (Lipinski definition) is 1. The molecule has 0 unspecified atom stereocenters. The molecule has 0 fully saturated rings. The van der Waals surface area contributed by atoms with Crippen molar-refractivity contribution >= 4 is 0 Å². The van der Waals surface area contributed by atoms with Crippen LogP contribution < -0.4 is 0 Å². The van der Waals surface area contributed by atoms with E-state index in [0.29, 0.717) is 6.42 Å². The van der Waals surface area contributed by atoms with E-state index in [-0.39, 0.29) is 18.6 Å². The van der Waals surface area contributed by atoms with Gasteiger partial charge in [-0.3, -0.25) is 0 Å². The molecule has 1 nitrogen and oxygen atoms in total. The molecule has 0 radical (unpaired) electrons. The van der Waals surface area contributed by atoms with Crippen LogP contribution in [-0.4, -0.2) is 11.7 Å². The van der Waals surface area contributed by atoms with Crippen molar-refractivity contribution < 1.29 is 18.3 Å². The van der Waals surface area contributed by atoms with Gasteiger partial charge in [0.2, 0.25) is 0 Å². The lowest BCUT2D eigenvalue weighted by atomic mass is 10.0. The molecular weight excluding hydrogens is 193 g/mol. The van der Waals surface area contributed by atoms with Crippen molar-refractivity contribution in [2.75, 3.05) is 6.61 Å². The molecule has 0 aliphatic rings. The third-order valence-corrected chi connectivity index (χ3v) is 1.93. The maximum Gasteiger partial charge on any atom is 0.416 e. The van der Waals surface area contributed by atoms with E-state index in [2.05, 4.69) is 0 Å². The molecule has 1 rings (SSSR count). The first-order valence-corrected chi connectivity index (χ1v) is 4.31. The Morgan fingerprint density at radius 3 is 2.36 bits per heavy atom. The zero-order chi connectivity index (χ0) is 10.6. The zero-order valence-corrected chi connectivity index (χ0v) is 7.51. The summed E-state index contributed by atoms with van der Waals surface area (Å²) >= 11 is 0. The van der Waals surface area contributed by atoms with Crippen molar-refractivity contribution in [3.8, 4) is 0 Å². The van der Waals surface area contributed by atoms with E-state index in [0.717, 1.165) is 6.07 Å². The van der Waals surface area contributed by atoms with Crippen LogP contribution in [0.15, 0.2) is 24.3 Å². The predicted molar refractivity (Wildman–Crippen MR) is 46.9 cm³/mol. The number of alkyl halides is 3. The van der Waals surface area contributed by atoms with Crippen LogP contribution in [0.1, 0.15) is 17.5 Å². The summed E-state index contributed by atoms with van der Waals surface area (Å²) in [7, 11) is 0. The molecule has 0 bridgehead atoms. The Morgan fingerprint density at radius 1 is 1.14 bits per heavy atom. The van der Waals surface area contributed by atoms with Crippen LogP contribution >= 0.6 is 0 Å². The third kappa shape index (κ3) is 2.73. The van der Waals surface area contributed by atoms with Crippen LogP contribution in [0.25, 0.3) is 0 Å². The highest BCUT2D eigenvalue weighted by molar-refractivity contribution is 5.29. The van der Waals surface area contributed by atoms with Crippen LogP contribution in [0.4, 0.5) is 13.2 Å². The normalized spacial score (nSPS) is 11.7. The number of aryl methyl sites for hydroxylation is 1. The molecular formula is C10H11F3O. The van der Waals surface area contributed by atoms with Gasteiger partial charge in [0, 0.05) is 6.61 Å². The van der Waals surface area contributed by atoms with Gasteiger partial charge in [0.25, 0.3) is 0 Å². The Morgan fingerprint density at radius 2 is 1.79 bits per heavy atom. The molecule has 1 aromatic carbocycles. The molecule has 0 heterocycles. The first-order chi connectivity index (χ1) is 6.55. The predicted octanol–water partition coefficient (Wildman–Crippen LogP) is 2.63. The molecule has 0 aliphatic heterocycles. The van der Waals surface area contributed by atoms with Gasteiger partial charge in [0.05, 0.1) is 5.56 Å². The minimum absolute atomic E-state index is 0.0911.